The Morgan fingerprint density at radius 1 is 1.12 bits per heavy atom. The molecule has 1 amide bonds. The fraction of sp³-hybridized carbons (Fsp3) is 0.133. The Morgan fingerprint density at radius 3 is 2.27 bits per heavy atom. The number of hydrogen-bond donors (Lipinski definition) is 3. The Balaban J connectivity index is 2.11. The zero-order chi connectivity index (χ0) is 19.5. The predicted octanol–water partition coefficient (Wildman–Crippen LogP) is 1.69. The molecule has 0 heterocycles. The number of benzene rings is 2. The van der Waals surface area contributed by atoms with Gasteiger partial charge >= 0.3 is 0 Å². The van der Waals surface area contributed by atoms with Crippen LogP contribution in [-0.4, -0.2) is 37.9 Å². The van der Waals surface area contributed by atoms with Crippen LogP contribution in [0.25, 0.3) is 0 Å². The zero-order valence-corrected chi connectivity index (χ0v) is 16.4. The molecule has 0 aliphatic heterocycles. The third-order valence-electron chi connectivity index (χ3n) is 3.31. The molecule has 0 saturated heterocycles. The van der Waals surface area contributed by atoms with Crippen LogP contribution in [0.3, 0.4) is 0 Å². The van der Waals surface area contributed by atoms with E-state index in [4.69, 9.17) is 10.3 Å². The molecule has 8 nitrogen and oxygen atoms in total. The summed E-state index contributed by atoms with van der Waals surface area (Å²) in [6.07, 6.45) is 0. The highest BCUT2D eigenvalue weighted by Gasteiger charge is 2.25. The molecule has 0 aliphatic rings. The number of hydrogen-bond acceptors (Lipinski definition) is 6. The van der Waals surface area contributed by atoms with Crippen LogP contribution >= 0.6 is 15.9 Å². The Bertz CT molecular complexity index is 1020. The largest absolute Gasteiger partial charge is 0.398 e. The summed E-state index contributed by atoms with van der Waals surface area (Å²) in [7, 11) is -8.15. The third kappa shape index (κ3) is 5.04. The monoisotopic (exact) mass is 462 g/mol. The molecular formula is C15H15BrN2O6S2. The zero-order valence-electron chi connectivity index (χ0n) is 13.2. The van der Waals surface area contributed by atoms with E-state index in [-0.39, 0.29) is 16.3 Å². The normalized spacial score (nSPS) is 13.2. The third-order valence-corrected chi connectivity index (χ3v) is 7.17. The van der Waals surface area contributed by atoms with Gasteiger partial charge in [-0.2, -0.15) is 8.42 Å². The number of amides is 1. The number of carbonyl (C=O) groups excluding carboxylic acids is 1. The Labute approximate surface area is 159 Å². The van der Waals surface area contributed by atoms with E-state index in [1.54, 1.807) is 18.2 Å². The minimum Gasteiger partial charge on any atom is -0.398 e. The highest BCUT2D eigenvalue weighted by molar-refractivity contribution is 9.10. The van der Waals surface area contributed by atoms with Gasteiger partial charge in [0.05, 0.1) is 16.3 Å². The van der Waals surface area contributed by atoms with Crippen LogP contribution in [-0.2, 0) is 24.7 Å². The van der Waals surface area contributed by atoms with E-state index in [0.717, 1.165) is 12.1 Å². The summed E-state index contributed by atoms with van der Waals surface area (Å²) < 4.78 is 55.8. The van der Waals surface area contributed by atoms with Gasteiger partial charge in [-0.15, -0.1) is 0 Å². The first-order chi connectivity index (χ1) is 12.0. The molecule has 0 fully saturated rings. The lowest BCUT2D eigenvalue weighted by Gasteiger charge is -2.12. The lowest BCUT2D eigenvalue weighted by atomic mass is 10.2. The highest BCUT2D eigenvalue weighted by atomic mass is 79.9. The van der Waals surface area contributed by atoms with Crippen molar-refractivity contribution in [2.24, 2.45) is 0 Å². The summed E-state index contributed by atoms with van der Waals surface area (Å²) in [4.78, 5) is 10.7. The van der Waals surface area contributed by atoms with Crippen molar-refractivity contribution in [3.05, 3.63) is 48.5 Å². The lowest BCUT2D eigenvalue weighted by molar-refractivity contribution is -0.115. The minimum atomic E-state index is -4.48. The van der Waals surface area contributed by atoms with Crippen LogP contribution in [0.15, 0.2) is 58.3 Å². The van der Waals surface area contributed by atoms with Crippen LogP contribution in [0, 0.1) is 0 Å². The number of alkyl halides is 1. The topological polar surface area (TPSA) is 144 Å². The van der Waals surface area contributed by atoms with Crippen LogP contribution in [0.5, 0.6) is 0 Å². The van der Waals surface area contributed by atoms with Crippen LogP contribution < -0.4 is 11.1 Å². The first-order valence-electron chi connectivity index (χ1n) is 7.10. The number of rotatable bonds is 6. The maximum absolute atomic E-state index is 12.3. The number of halogens is 1. The maximum Gasteiger partial charge on any atom is 0.296 e. The van der Waals surface area contributed by atoms with Gasteiger partial charge in [-0.25, -0.2) is 8.42 Å². The van der Waals surface area contributed by atoms with E-state index in [2.05, 4.69) is 21.2 Å². The second-order valence-corrected chi connectivity index (χ2v) is 9.81. The molecule has 0 aromatic heterocycles. The fourth-order valence-electron chi connectivity index (χ4n) is 2.07. The molecule has 0 aliphatic carbocycles. The van der Waals surface area contributed by atoms with Crippen molar-refractivity contribution in [2.75, 3.05) is 16.8 Å². The second kappa shape index (κ2) is 7.74. The summed E-state index contributed by atoms with van der Waals surface area (Å²) in [5, 5.41) is 2.43. The Kier molecular flexibility index (Phi) is 6.06. The number of nitrogens with two attached hydrogens (primary N) is 1. The molecule has 11 heteroatoms. The molecule has 4 N–H and O–H groups in total. The van der Waals surface area contributed by atoms with E-state index in [9.17, 15) is 21.6 Å². The molecular weight excluding hydrogens is 448 g/mol. The molecule has 0 bridgehead atoms. The highest BCUT2D eigenvalue weighted by Crippen LogP contribution is 2.23. The smallest absolute Gasteiger partial charge is 0.296 e. The van der Waals surface area contributed by atoms with E-state index < -0.39 is 41.3 Å². The van der Waals surface area contributed by atoms with Crippen molar-refractivity contribution in [2.45, 2.75) is 14.6 Å². The summed E-state index contributed by atoms with van der Waals surface area (Å²) in [6.45, 7) is 0. The quantitative estimate of drug-likeness (QED) is 0.336. The van der Waals surface area contributed by atoms with Gasteiger partial charge in [0.15, 0.2) is 9.84 Å². The number of nitrogens with one attached hydrogen (secondary N) is 1. The van der Waals surface area contributed by atoms with Crippen LogP contribution in [0.1, 0.15) is 0 Å². The molecule has 0 radical (unpaired) electrons. The van der Waals surface area contributed by atoms with Crippen LogP contribution in [0.2, 0.25) is 0 Å². The van der Waals surface area contributed by atoms with Gasteiger partial charge in [0, 0.05) is 5.69 Å². The molecule has 2 aromatic carbocycles. The van der Waals surface area contributed by atoms with Crippen molar-refractivity contribution in [1.29, 1.82) is 0 Å². The Morgan fingerprint density at radius 2 is 1.73 bits per heavy atom. The van der Waals surface area contributed by atoms with E-state index in [1.165, 1.54) is 18.2 Å². The molecule has 1 unspecified atom stereocenters. The van der Waals surface area contributed by atoms with Crippen molar-refractivity contribution in [1.82, 2.24) is 0 Å². The van der Waals surface area contributed by atoms with E-state index in [1.807, 2.05) is 0 Å². The minimum absolute atomic E-state index is 0.0963. The van der Waals surface area contributed by atoms with Gasteiger partial charge in [0.1, 0.15) is 9.72 Å². The van der Waals surface area contributed by atoms with Crippen molar-refractivity contribution < 1.29 is 26.2 Å². The molecule has 140 valence electrons. The Hall–Kier alpha value is -1.95. The fourth-order valence-corrected chi connectivity index (χ4v) is 5.13. The summed E-state index contributed by atoms with van der Waals surface area (Å²) in [5.41, 5.74) is 5.44. The van der Waals surface area contributed by atoms with Gasteiger partial charge in [0.2, 0.25) is 5.91 Å². The van der Waals surface area contributed by atoms with Crippen LogP contribution in [0.4, 0.5) is 11.4 Å². The van der Waals surface area contributed by atoms with Gasteiger partial charge < -0.3 is 11.1 Å². The molecule has 0 spiro atoms. The standard InChI is InChI=1S/C15H15BrN2O6S2/c16-12(9-25(20,21)11-4-2-1-3-5-11)15(19)18-10-6-7-14(13(17)8-10)26(22,23)24/h1-8,12H,9,17H2,(H,18,19)(H,22,23,24). The number of sulfone groups is 1. The maximum atomic E-state index is 12.3. The first-order valence-corrected chi connectivity index (χ1v) is 11.1. The van der Waals surface area contributed by atoms with Gasteiger partial charge in [-0.05, 0) is 30.3 Å². The SMILES string of the molecule is Nc1cc(NC(=O)C(Br)CS(=O)(=O)c2ccccc2)ccc1S(=O)(=O)O. The van der Waals surface area contributed by atoms with Gasteiger partial charge in [-0.1, -0.05) is 34.1 Å². The number of anilines is 2. The van der Waals surface area contributed by atoms with Gasteiger partial charge in [-0.3, -0.25) is 9.35 Å². The predicted molar refractivity (Wildman–Crippen MR) is 101 cm³/mol. The van der Waals surface area contributed by atoms with E-state index >= 15 is 0 Å². The van der Waals surface area contributed by atoms with Crippen molar-refractivity contribution in [3.63, 3.8) is 0 Å². The number of nitrogen functional groups attached to an aromatic ring is 1. The first kappa shape index (κ1) is 20.4. The summed E-state index contributed by atoms with van der Waals surface area (Å²) >= 11 is 3.04. The second-order valence-electron chi connectivity index (χ2n) is 5.28. The molecule has 1 atom stereocenters. The molecule has 2 rings (SSSR count). The van der Waals surface area contributed by atoms with E-state index in [0.29, 0.717) is 0 Å². The summed E-state index contributed by atoms with van der Waals surface area (Å²) in [5.74, 6) is -1.12. The van der Waals surface area contributed by atoms with Crippen molar-refractivity contribution >= 4 is 53.2 Å². The lowest BCUT2D eigenvalue weighted by Crippen LogP contribution is -2.29. The average Bonchev–Trinajstić information content (AvgIpc) is 2.54. The molecule has 0 saturated carbocycles. The average molecular weight is 463 g/mol. The number of carbonyl (C=O) groups is 1. The summed E-state index contributed by atoms with van der Waals surface area (Å²) in [6, 6.07) is 11.1. The molecule has 26 heavy (non-hydrogen) atoms. The van der Waals surface area contributed by atoms with Crippen molar-refractivity contribution in [3.8, 4) is 0 Å². The van der Waals surface area contributed by atoms with Gasteiger partial charge in [0.25, 0.3) is 10.1 Å². The molecule has 2 aromatic rings.